The molecule has 1 N–H and O–H groups in total. The van der Waals surface area contributed by atoms with Crippen LogP contribution in [0.3, 0.4) is 0 Å². The maximum atomic E-state index is 12.7. The van der Waals surface area contributed by atoms with Crippen molar-refractivity contribution in [3.8, 4) is 5.75 Å². The van der Waals surface area contributed by atoms with E-state index in [1.54, 1.807) is 24.3 Å². The Kier molecular flexibility index (Phi) is 6.36. The van der Waals surface area contributed by atoms with Crippen LogP contribution in [0, 0.1) is 10.1 Å². The molecule has 0 spiro atoms. The minimum absolute atomic E-state index is 0.0440. The molecule has 8 heteroatoms. The van der Waals surface area contributed by atoms with Gasteiger partial charge in [-0.2, -0.15) is 0 Å². The van der Waals surface area contributed by atoms with E-state index < -0.39 is 4.92 Å². The lowest BCUT2D eigenvalue weighted by Crippen LogP contribution is -2.44. The molecule has 0 bridgehead atoms. The first-order valence-corrected chi connectivity index (χ1v) is 10.8. The number of carbonyl (C=O) groups is 1. The molecule has 2 fully saturated rings. The fraction of sp³-hybridized carbons (Fsp3) is 0.435. The lowest BCUT2D eigenvalue weighted by atomic mass is 10.1. The average Bonchev–Trinajstić information content (AvgIpc) is 3.28. The van der Waals surface area contributed by atoms with Crippen LogP contribution in [-0.4, -0.2) is 55.1 Å². The fourth-order valence-electron chi connectivity index (χ4n) is 4.14. The van der Waals surface area contributed by atoms with Crippen molar-refractivity contribution in [2.45, 2.75) is 31.8 Å². The first kappa shape index (κ1) is 21.1. The number of carbonyl (C=O) groups excluding carboxylic acids is 1. The van der Waals surface area contributed by atoms with Crippen molar-refractivity contribution in [1.29, 1.82) is 0 Å². The average molecular weight is 425 g/mol. The van der Waals surface area contributed by atoms with Crippen molar-refractivity contribution in [2.75, 3.05) is 43.4 Å². The number of nitrogens with one attached hydrogen (secondary N) is 1. The molecule has 0 radical (unpaired) electrons. The van der Waals surface area contributed by atoms with Crippen LogP contribution in [0.15, 0.2) is 42.5 Å². The number of nitro groups is 1. The maximum absolute atomic E-state index is 12.7. The summed E-state index contributed by atoms with van der Waals surface area (Å²) in [6, 6.07) is 11.9. The minimum Gasteiger partial charge on any atom is -0.490 e. The second-order valence-corrected chi connectivity index (χ2v) is 8.25. The summed E-state index contributed by atoms with van der Waals surface area (Å²) in [4.78, 5) is 28.1. The number of anilines is 2. The number of piperazine rings is 1. The van der Waals surface area contributed by atoms with Crippen molar-refractivity contribution in [1.82, 2.24) is 4.90 Å². The van der Waals surface area contributed by atoms with Crippen LogP contribution in [0.25, 0.3) is 0 Å². The van der Waals surface area contributed by atoms with Crippen LogP contribution < -0.4 is 15.0 Å². The minimum atomic E-state index is -0.417. The first-order valence-electron chi connectivity index (χ1n) is 10.8. The van der Waals surface area contributed by atoms with Gasteiger partial charge in [-0.1, -0.05) is 0 Å². The SMILES string of the molecule is CN1CCN(c2ccc(C(=O)Nc3ccc(OC4CCCC4)cc3)cc2[N+](=O)[O-])CC1. The highest BCUT2D eigenvalue weighted by atomic mass is 16.6. The van der Waals surface area contributed by atoms with Crippen molar-refractivity contribution in [3.63, 3.8) is 0 Å². The third-order valence-corrected chi connectivity index (χ3v) is 6.00. The largest absolute Gasteiger partial charge is 0.490 e. The van der Waals surface area contributed by atoms with Gasteiger partial charge in [-0.05, 0) is 69.1 Å². The lowest BCUT2D eigenvalue weighted by Gasteiger charge is -2.33. The zero-order valence-corrected chi connectivity index (χ0v) is 17.8. The molecule has 164 valence electrons. The molecule has 1 saturated heterocycles. The van der Waals surface area contributed by atoms with Gasteiger partial charge in [0.05, 0.1) is 11.0 Å². The molecule has 0 aromatic heterocycles. The van der Waals surface area contributed by atoms with Gasteiger partial charge in [-0.3, -0.25) is 14.9 Å². The van der Waals surface area contributed by atoms with E-state index in [0.717, 1.165) is 44.8 Å². The highest BCUT2D eigenvalue weighted by Gasteiger charge is 2.24. The monoisotopic (exact) mass is 424 g/mol. The van der Waals surface area contributed by atoms with E-state index >= 15 is 0 Å². The van der Waals surface area contributed by atoms with E-state index in [4.69, 9.17) is 4.74 Å². The molecule has 8 nitrogen and oxygen atoms in total. The van der Waals surface area contributed by atoms with Crippen LogP contribution in [0.1, 0.15) is 36.0 Å². The van der Waals surface area contributed by atoms with Gasteiger partial charge in [0.1, 0.15) is 11.4 Å². The molecule has 0 atom stereocenters. The summed E-state index contributed by atoms with van der Waals surface area (Å²) in [6.45, 7) is 3.13. The molecule has 1 saturated carbocycles. The number of nitrogens with zero attached hydrogens (tertiary/aromatic N) is 3. The molecule has 1 aliphatic carbocycles. The van der Waals surface area contributed by atoms with Gasteiger partial charge < -0.3 is 19.9 Å². The summed E-state index contributed by atoms with van der Waals surface area (Å²) in [5.41, 5.74) is 1.39. The van der Waals surface area contributed by atoms with Gasteiger partial charge in [0, 0.05) is 43.5 Å². The van der Waals surface area contributed by atoms with Gasteiger partial charge in [-0.15, -0.1) is 0 Å². The Morgan fingerprint density at radius 1 is 1.06 bits per heavy atom. The molecule has 1 amide bonds. The predicted molar refractivity (Wildman–Crippen MR) is 120 cm³/mol. The quantitative estimate of drug-likeness (QED) is 0.559. The maximum Gasteiger partial charge on any atom is 0.293 e. The summed E-state index contributed by atoms with van der Waals surface area (Å²) in [5.74, 6) is 0.412. The predicted octanol–water partition coefficient (Wildman–Crippen LogP) is 3.92. The van der Waals surface area contributed by atoms with Crippen LogP contribution >= 0.6 is 0 Å². The highest BCUT2D eigenvalue weighted by Crippen LogP contribution is 2.30. The van der Waals surface area contributed by atoms with E-state index in [2.05, 4.69) is 10.2 Å². The number of benzene rings is 2. The Bertz CT molecular complexity index is 933. The third-order valence-electron chi connectivity index (χ3n) is 6.00. The number of rotatable bonds is 6. The molecule has 1 heterocycles. The summed E-state index contributed by atoms with van der Waals surface area (Å²) < 4.78 is 5.94. The Labute approximate surface area is 181 Å². The van der Waals surface area contributed by atoms with E-state index in [-0.39, 0.29) is 23.3 Å². The summed E-state index contributed by atoms with van der Waals surface area (Å²) in [7, 11) is 2.03. The first-order chi connectivity index (χ1) is 15.0. The Morgan fingerprint density at radius 3 is 2.39 bits per heavy atom. The van der Waals surface area contributed by atoms with Gasteiger partial charge >= 0.3 is 0 Å². The molecule has 1 aliphatic heterocycles. The number of amides is 1. The number of hydrogen-bond donors (Lipinski definition) is 1. The number of ether oxygens (including phenoxy) is 1. The van der Waals surface area contributed by atoms with Crippen molar-refractivity contribution < 1.29 is 14.5 Å². The Morgan fingerprint density at radius 2 is 1.74 bits per heavy atom. The van der Waals surface area contributed by atoms with Gasteiger partial charge in [0.15, 0.2) is 0 Å². The van der Waals surface area contributed by atoms with Crippen molar-refractivity contribution in [2.24, 2.45) is 0 Å². The molecule has 31 heavy (non-hydrogen) atoms. The fourth-order valence-corrected chi connectivity index (χ4v) is 4.14. The molecule has 2 aromatic rings. The number of hydrogen-bond acceptors (Lipinski definition) is 6. The molecule has 4 rings (SSSR count). The summed E-state index contributed by atoms with van der Waals surface area (Å²) in [6.07, 6.45) is 4.86. The van der Waals surface area contributed by atoms with Crippen LogP contribution in [-0.2, 0) is 0 Å². The lowest BCUT2D eigenvalue weighted by molar-refractivity contribution is -0.384. The van der Waals surface area contributed by atoms with Gasteiger partial charge in [0.25, 0.3) is 11.6 Å². The van der Waals surface area contributed by atoms with E-state index in [9.17, 15) is 14.9 Å². The Hall–Kier alpha value is -3.13. The van der Waals surface area contributed by atoms with Gasteiger partial charge in [0.2, 0.25) is 0 Å². The van der Waals surface area contributed by atoms with Crippen molar-refractivity contribution >= 4 is 23.0 Å². The normalized spacial score (nSPS) is 17.5. The van der Waals surface area contributed by atoms with E-state index in [0.29, 0.717) is 11.4 Å². The Balaban J connectivity index is 1.44. The molecule has 2 aromatic carbocycles. The van der Waals surface area contributed by atoms with Crippen LogP contribution in [0.2, 0.25) is 0 Å². The smallest absolute Gasteiger partial charge is 0.293 e. The summed E-state index contributed by atoms with van der Waals surface area (Å²) >= 11 is 0. The molecule has 2 aliphatic rings. The standard InChI is InChI=1S/C23H28N4O4/c1-25-12-14-26(15-13-25)21-11-6-17(16-22(21)27(29)30)23(28)24-18-7-9-20(10-8-18)31-19-4-2-3-5-19/h6-11,16,19H,2-5,12-15H2,1H3,(H,24,28). The zero-order chi connectivity index (χ0) is 21.8. The highest BCUT2D eigenvalue weighted by molar-refractivity contribution is 6.05. The second-order valence-electron chi connectivity index (χ2n) is 8.25. The second kappa shape index (κ2) is 9.34. The molecular formula is C23H28N4O4. The third kappa shape index (κ3) is 5.14. The topological polar surface area (TPSA) is 88.0 Å². The van der Waals surface area contributed by atoms with E-state index in [1.807, 2.05) is 24.1 Å². The zero-order valence-electron chi connectivity index (χ0n) is 17.8. The van der Waals surface area contributed by atoms with Crippen LogP contribution in [0.4, 0.5) is 17.1 Å². The van der Waals surface area contributed by atoms with E-state index in [1.165, 1.54) is 18.9 Å². The van der Waals surface area contributed by atoms with Gasteiger partial charge in [-0.25, -0.2) is 0 Å². The van der Waals surface area contributed by atoms with Crippen LogP contribution in [0.5, 0.6) is 5.75 Å². The number of likely N-dealkylation sites (N-methyl/N-ethyl adjacent to an activating group) is 1. The number of nitro benzene ring substituents is 1. The van der Waals surface area contributed by atoms with Crippen molar-refractivity contribution in [3.05, 3.63) is 58.1 Å². The summed E-state index contributed by atoms with van der Waals surface area (Å²) in [5, 5.41) is 14.5. The molecular weight excluding hydrogens is 396 g/mol. The molecule has 0 unspecified atom stereocenters.